The summed E-state index contributed by atoms with van der Waals surface area (Å²) in [5.74, 6) is 0.601. The van der Waals surface area contributed by atoms with E-state index < -0.39 is 0 Å². The Morgan fingerprint density at radius 3 is 1.75 bits per heavy atom. The molecule has 0 aromatic carbocycles. The van der Waals surface area contributed by atoms with E-state index in [1.54, 1.807) is 0 Å². The molecule has 2 aliphatic rings. The molecular formula is C28H38BrN7. The Bertz CT molecular complexity index is 1310. The highest BCUT2D eigenvalue weighted by atomic mass is 79.9. The second-order valence-corrected chi connectivity index (χ2v) is 11.6. The highest BCUT2D eigenvalue weighted by Crippen LogP contribution is 2.33. The van der Waals surface area contributed by atoms with E-state index in [0.717, 1.165) is 41.6 Å². The van der Waals surface area contributed by atoms with Crippen LogP contribution >= 0.6 is 15.9 Å². The molecule has 8 heteroatoms. The monoisotopic (exact) mass is 551 g/mol. The number of nitrogens with two attached hydrogens (primary N) is 1. The summed E-state index contributed by atoms with van der Waals surface area (Å²) in [4.78, 5) is 13.8. The molecule has 6 rings (SSSR count). The molecule has 4 aromatic rings. The van der Waals surface area contributed by atoms with Crippen molar-refractivity contribution in [2.45, 2.75) is 50.6 Å². The maximum Gasteiger partial charge on any atom is 0.142 e. The lowest BCUT2D eigenvalue weighted by Crippen LogP contribution is -2.33. The smallest absolute Gasteiger partial charge is 0.142 e. The lowest BCUT2D eigenvalue weighted by Gasteiger charge is -2.28. The van der Waals surface area contributed by atoms with Crippen LogP contribution in [0.15, 0.2) is 28.9 Å². The molecule has 0 fully saturated rings. The number of nitrogens with zero attached hydrogens (tertiary/aromatic N) is 6. The number of hydrogen-bond donors (Lipinski definition) is 1. The van der Waals surface area contributed by atoms with E-state index >= 15 is 0 Å². The van der Waals surface area contributed by atoms with E-state index in [1.807, 2.05) is 12.1 Å². The number of hydrogen-bond acceptors (Lipinski definition) is 5. The van der Waals surface area contributed by atoms with Crippen LogP contribution < -0.4 is 5.73 Å². The van der Waals surface area contributed by atoms with Crippen molar-refractivity contribution in [3.05, 3.63) is 51.4 Å². The van der Waals surface area contributed by atoms with E-state index in [-0.39, 0.29) is 0 Å². The first-order valence-corrected chi connectivity index (χ1v) is 13.6. The fourth-order valence-corrected chi connectivity index (χ4v) is 6.40. The van der Waals surface area contributed by atoms with Gasteiger partial charge in [0.1, 0.15) is 21.7 Å². The molecule has 7 nitrogen and oxygen atoms in total. The van der Waals surface area contributed by atoms with Gasteiger partial charge in [0.2, 0.25) is 0 Å². The highest BCUT2D eigenvalue weighted by Gasteiger charge is 2.27. The molecule has 192 valence electrons. The Hall–Kier alpha value is -2.42. The number of rotatable bonds is 2. The number of halogens is 1. The van der Waals surface area contributed by atoms with Gasteiger partial charge in [0.25, 0.3) is 0 Å². The average Bonchev–Trinajstić information content (AvgIpc) is 3.29. The summed E-state index contributed by atoms with van der Waals surface area (Å²) in [6.45, 7) is 0. The molecule has 4 heterocycles. The van der Waals surface area contributed by atoms with Gasteiger partial charge in [-0.2, -0.15) is 0 Å². The van der Waals surface area contributed by atoms with E-state index in [2.05, 4.69) is 99.3 Å². The quantitative estimate of drug-likeness (QED) is 0.375. The Kier molecular flexibility index (Phi) is 6.87. The summed E-state index contributed by atoms with van der Waals surface area (Å²) in [7, 11) is 12.9. The Morgan fingerprint density at radius 2 is 1.25 bits per heavy atom. The Balaban J connectivity index is 0.000000148. The third-order valence-corrected chi connectivity index (χ3v) is 8.74. The molecule has 2 aliphatic carbocycles. The minimum absolute atomic E-state index is 0.601. The van der Waals surface area contributed by atoms with Gasteiger partial charge in [0, 0.05) is 48.3 Å². The Morgan fingerprint density at radius 1 is 0.778 bits per heavy atom. The molecule has 36 heavy (non-hydrogen) atoms. The zero-order valence-corrected chi connectivity index (χ0v) is 23.9. The zero-order chi connectivity index (χ0) is 25.7. The van der Waals surface area contributed by atoms with Gasteiger partial charge in [-0.15, -0.1) is 0 Å². The summed E-state index contributed by atoms with van der Waals surface area (Å²) in [6.07, 6.45) is 7.01. The zero-order valence-electron chi connectivity index (χ0n) is 22.3. The topological polar surface area (TPSA) is 68.1 Å². The van der Waals surface area contributed by atoms with Crippen molar-refractivity contribution in [1.82, 2.24) is 28.9 Å². The average molecular weight is 553 g/mol. The SMILES string of the molecule is CN(C)[C@@H]1CCc2c(c3ccc(Br)nc3n2C)C1.CN(C)[C@@H]1CCc2c(c3ccc(N)nc3n2C)C1. The number of pyridine rings is 2. The first kappa shape index (κ1) is 25.2. The number of likely N-dealkylation sites (N-methyl/N-ethyl adjacent to an activating group) is 2. The molecule has 0 aliphatic heterocycles. The van der Waals surface area contributed by atoms with E-state index in [4.69, 9.17) is 5.73 Å². The van der Waals surface area contributed by atoms with Gasteiger partial charge in [-0.3, -0.25) is 0 Å². The van der Waals surface area contributed by atoms with E-state index in [9.17, 15) is 0 Å². The first-order valence-electron chi connectivity index (χ1n) is 12.8. The van der Waals surface area contributed by atoms with Crippen molar-refractivity contribution < 1.29 is 0 Å². The van der Waals surface area contributed by atoms with E-state index in [0.29, 0.717) is 17.9 Å². The van der Waals surface area contributed by atoms with Crippen LogP contribution in [0, 0.1) is 0 Å². The van der Waals surface area contributed by atoms with Crippen LogP contribution in [0.1, 0.15) is 35.4 Å². The van der Waals surface area contributed by atoms with Crippen molar-refractivity contribution in [3.8, 4) is 0 Å². The van der Waals surface area contributed by atoms with Crippen molar-refractivity contribution in [2.24, 2.45) is 14.1 Å². The fraction of sp³-hybridized carbons (Fsp3) is 0.500. The maximum absolute atomic E-state index is 5.79. The van der Waals surface area contributed by atoms with Gasteiger partial charge < -0.3 is 24.7 Å². The van der Waals surface area contributed by atoms with Gasteiger partial charge in [0.15, 0.2) is 0 Å². The molecule has 0 amide bonds. The van der Waals surface area contributed by atoms with Crippen molar-refractivity contribution in [3.63, 3.8) is 0 Å². The molecule has 0 spiro atoms. The van der Waals surface area contributed by atoms with Crippen LogP contribution in [-0.2, 0) is 39.8 Å². The molecule has 0 saturated heterocycles. The lowest BCUT2D eigenvalue weighted by atomic mass is 9.91. The van der Waals surface area contributed by atoms with Crippen LogP contribution in [-0.4, -0.2) is 69.2 Å². The summed E-state index contributed by atoms with van der Waals surface area (Å²) in [6, 6.07) is 9.56. The minimum atomic E-state index is 0.601. The van der Waals surface area contributed by atoms with Crippen LogP contribution in [0.5, 0.6) is 0 Å². The second kappa shape index (κ2) is 9.80. The van der Waals surface area contributed by atoms with Crippen LogP contribution in [0.3, 0.4) is 0 Å². The molecule has 0 unspecified atom stereocenters. The summed E-state index contributed by atoms with van der Waals surface area (Å²) in [5.41, 5.74) is 13.8. The molecule has 0 bridgehead atoms. The van der Waals surface area contributed by atoms with Crippen molar-refractivity contribution in [2.75, 3.05) is 33.9 Å². The third-order valence-electron chi connectivity index (χ3n) is 8.30. The number of aryl methyl sites for hydroxylation is 2. The van der Waals surface area contributed by atoms with Gasteiger partial charge in [-0.05, 0) is 118 Å². The highest BCUT2D eigenvalue weighted by molar-refractivity contribution is 9.10. The minimum Gasteiger partial charge on any atom is -0.384 e. The van der Waals surface area contributed by atoms with E-state index in [1.165, 1.54) is 46.1 Å². The molecule has 0 saturated carbocycles. The number of aromatic nitrogens is 4. The van der Waals surface area contributed by atoms with Gasteiger partial charge in [-0.1, -0.05) is 0 Å². The summed E-state index contributed by atoms with van der Waals surface area (Å²) < 4.78 is 5.39. The number of nitrogen functional groups attached to an aromatic ring is 1. The molecule has 2 atom stereocenters. The molecular weight excluding hydrogens is 514 g/mol. The van der Waals surface area contributed by atoms with Gasteiger partial charge in [-0.25, -0.2) is 9.97 Å². The molecule has 0 radical (unpaired) electrons. The largest absolute Gasteiger partial charge is 0.384 e. The lowest BCUT2D eigenvalue weighted by molar-refractivity contribution is 0.267. The predicted molar refractivity (Wildman–Crippen MR) is 153 cm³/mol. The van der Waals surface area contributed by atoms with Crippen LogP contribution in [0.4, 0.5) is 5.82 Å². The Labute approximate surface area is 222 Å². The normalized spacial score (nSPS) is 19.5. The third kappa shape index (κ3) is 4.44. The molecule has 4 aromatic heterocycles. The standard InChI is InChI=1S/C14H18BrN3.C14H20N4/c2*1-17(2)9-4-6-12-11(8-9)10-5-7-13(15)16-14(10)18(12)3/h5,7,9H,4,6,8H2,1-3H3;5,7,9H,4,6,8H2,1-3H3,(H2,15,16)/t2*9-/m11/s1. The van der Waals surface area contributed by atoms with Gasteiger partial charge in [0.05, 0.1) is 0 Å². The summed E-state index contributed by atoms with van der Waals surface area (Å²) in [5, 5.41) is 2.59. The number of anilines is 1. The van der Waals surface area contributed by atoms with Crippen LogP contribution in [0.25, 0.3) is 22.1 Å². The van der Waals surface area contributed by atoms with Crippen molar-refractivity contribution >= 4 is 43.8 Å². The van der Waals surface area contributed by atoms with Crippen molar-refractivity contribution in [1.29, 1.82) is 0 Å². The van der Waals surface area contributed by atoms with Gasteiger partial charge >= 0.3 is 0 Å². The fourth-order valence-electron chi connectivity index (χ4n) is 6.10. The molecule has 2 N–H and O–H groups in total. The maximum atomic E-state index is 5.79. The number of fused-ring (bicyclic) bond motifs is 6. The second-order valence-electron chi connectivity index (χ2n) is 10.8. The summed E-state index contributed by atoms with van der Waals surface area (Å²) >= 11 is 3.46. The first-order chi connectivity index (χ1) is 17.2. The predicted octanol–water partition coefficient (Wildman–Crippen LogP) is 4.33. The van der Waals surface area contributed by atoms with Crippen LogP contribution in [0.2, 0.25) is 0 Å².